The molecule has 0 fully saturated rings. The third-order valence-electron chi connectivity index (χ3n) is 2.84. The van der Waals surface area contributed by atoms with Crippen molar-refractivity contribution in [2.75, 3.05) is 25.1 Å². The van der Waals surface area contributed by atoms with E-state index in [2.05, 4.69) is 16.9 Å². The number of nitrogens with zero attached hydrogens (tertiary/aromatic N) is 2. The van der Waals surface area contributed by atoms with E-state index in [-0.39, 0.29) is 10.6 Å². The van der Waals surface area contributed by atoms with E-state index in [0.29, 0.717) is 25.4 Å². The Kier molecular flexibility index (Phi) is 5.24. The Labute approximate surface area is 126 Å². The minimum absolute atomic E-state index is 0.0669. The lowest BCUT2D eigenvalue weighted by Crippen LogP contribution is -2.11. The fourth-order valence-electron chi connectivity index (χ4n) is 1.90. The number of ether oxygens (including phenoxy) is 1. The second-order valence-corrected chi connectivity index (χ2v) is 5.68. The van der Waals surface area contributed by atoms with Crippen LogP contribution in [0.3, 0.4) is 0 Å². The monoisotopic (exact) mass is 307 g/mol. The molecule has 0 aliphatic carbocycles. The van der Waals surface area contributed by atoms with Crippen LogP contribution in [0.15, 0.2) is 24.8 Å². The standard InChI is InChI=1S/C14H17N3O3S/c1-3-4-6-20-7-5-15-11-8-12-14(21-10(2)16-12)9-13(11)17(18)19/h3,8-9,15H,1,4-7H2,2H3. The molecule has 2 aromatic rings. The number of hydrogen-bond donors (Lipinski definition) is 1. The fourth-order valence-corrected chi connectivity index (χ4v) is 2.74. The van der Waals surface area contributed by atoms with Gasteiger partial charge in [0.25, 0.3) is 5.69 Å². The van der Waals surface area contributed by atoms with E-state index in [0.717, 1.165) is 21.6 Å². The minimum Gasteiger partial charge on any atom is -0.379 e. The number of fused-ring (bicyclic) bond motifs is 1. The third-order valence-corrected chi connectivity index (χ3v) is 3.77. The first-order valence-electron chi connectivity index (χ1n) is 6.60. The van der Waals surface area contributed by atoms with Crippen LogP contribution in [0.1, 0.15) is 11.4 Å². The van der Waals surface area contributed by atoms with Gasteiger partial charge in [-0.05, 0) is 19.4 Å². The average Bonchev–Trinajstić information content (AvgIpc) is 2.80. The van der Waals surface area contributed by atoms with Gasteiger partial charge in [-0.15, -0.1) is 17.9 Å². The molecule has 0 radical (unpaired) electrons. The zero-order valence-electron chi connectivity index (χ0n) is 11.8. The molecule has 1 aromatic heterocycles. The highest BCUT2D eigenvalue weighted by molar-refractivity contribution is 7.18. The maximum Gasteiger partial charge on any atom is 0.293 e. The highest BCUT2D eigenvalue weighted by atomic mass is 32.1. The van der Waals surface area contributed by atoms with Gasteiger partial charge in [0, 0.05) is 12.6 Å². The fraction of sp³-hybridized carbons (Fsp3) is 0.357. The molecule has 0 unspecified atom stereocenters. The molecule has 0 saturated carbocycles. The van der Waals surface area contributed by atoms with E-state index >= 15 is 0 Å². The Bertz CT molecular complexity index is 654. The molecule has 0 atom stereocenters. The Morgan fingerprint density at radius 1 is 1.52 bits per heavy atom. The van der Waals surface area contributed by atoms with Gasteiger partial charge in [-0.3, -0.25) is 10.1 Å². The predicted molar refractivity (Wildman–Crippen MR) is 85.1 cm³/mol. The summed E-state index contributed by atoms with van der Waals surface area (Å²) in [5.41, 5.74) is 1.32. The van der Waals surface area contributed by atoms with Crippen LogP contribution in [0.25, 0.3) is 10.2 Å². The first kappa shape index (κ1) is 15.4. The SMILES string of the molecule is C=CCCOCCNc1cc2nc(C)sc2cc1[N+](=O)[O-]. The van der Waals surface area contributed by atoms with Crippen molar-refractivity contribution in [3.63, 3.8) is 0 Å². The Morgan fingerprint density at radius 2 is 2.33 bits per heavy atom. The summed E-state index contributed by atoms with van der Waals surface area (Å²) in [6, 6.07) is 3.29. The van der Waals surface area contributed by atoms with Crippen molar-refractivity contribution in [2.45, 2.75) is 13.3 Å². The first-order valence-corrected chi connectivity index (χ1v) is 7.41. The maximum atomic E-state index is 11.2. The van der Waals surface area contributed by atoms with Gasteiger partial charge in [0.15, 0.2) is 0 Å². The second-order valence-electron chi connectivity index (χ2n) is 4.44. The van der Waals surface area contributed by atoms with Crippen LogP contribution in [-0.2, 0) is 4.74 Å². The van der Waals surface area contributed by atoms with Crippen LogP contribution in [0.5, 0.6) is 0 Å². The van der Waals surface area contributed by atoms with Crippen molar-refractivity contribution >= 4 is 32.9 Å². The normalized spacial score (nSPS) is 10.7. The zero-order chi connectivity index (χ0) is 15.2. The predicted octanol–water partition coefficient (Wildman–Crippen LogP) is 3.52. The van der Waals surface area contributed by atoms with Crippen molar-refractivity contribution < 1.29 is 9.66 Å². The van der Waals surface area contributed by atoms with E-state index in [1.165, 1.54) is 11.3 Å². The Morgan fingerprint density at radius 3 is 3.05 bits per heavy atom. The Hall–Kier alpha value is -1.99. The summed E-state index contributed by atoms with van der Waals surface area (Å²) >= 11 is 1.45. The molecule has 0 aliphatic heterocycles. The quantitative estimate of drug-likeness (QED) is 0.349. The molecule has 6 nitrogen and oxygen atoms in total. The molecule has 112 valence electrons. The molecule has 1 heterocycles. The summed E-state index contributed by atoms with van der Waals surface area (Å²) < 4.78 is 6.20. The molecule has 0 aliphatic rings. The topological polar surface area (TPSA) is 77.3 Å². The molecule has 1 N–H and O–H groups in total. The van der Waals surface area contributed by atoms with E-state index in [1.807, 2.05) is 6.92 Å². The highest BCUT2D eigenvalue weighted by Crippen LogP contribution is 2.32. The number of thiazole rings is 1. The summed E-state index contributed by atoms with van der Waals surface area (Å²) in [6.07, 6.45) is 2.58. The molecule has 1 aromatic carbocycles. The molecule has 0 saturated heterocycles. The van der Waals surface area contributed by atoms with E-state index in [4.69, 9.17) is 4.74 Å². The Balaban J connectivity index is 2.07. The smallest absolute Gasteiger partial charge is 0.293 e. The molecule has 7 heteroatoms. The van der Waals surface area contributed by atoms with Gasteiger partial charge < -0.3 is 10.1 Å². The van der Waals surface area contributed by atoms with Crippen LogP contribution in [0, 0.1) is 17.0 Å². The minimum atomic E-state index is -0.380. The number of aryl methyl sites for hydroxylation is 1. The van der Waals surface area contributed by atoms with Crippen molar-refractivity contribution in [3.05, 3.63) is 39.9 Å². The lowest BCUT2D eigenvalue weighted by atomic mass is 10.2. The molecule has 2 rings (SSSR count). The maximum absolute atomic E-state index is 11.2. The lowest BCUT2D eigenvalue weighted by molar-refractivity contribution is -0.383. The number of nitro groups is 1. The number of rotatable bonds is 8. The number of hydrogen-bond acceptors (Lipinski definition) is 6. The van der Waals surface area contributed by atoms with Gasteiger partial charge in [0.05, 0.1) is 33.4 Å². The van der Waals surface area contributed by atoms with E-state index in [1.54, 1.807) is 18.2 Å². The molecule has 0 bridgehead atoms. The molecule has 0 spiro atoms. The van der Waals surface area contributed by atoms with Crippen molar-refractivity contribution in [2.24, 2.45) is 0 Å². The zero-order valence-corrected chi connectivity index (χ0v) is 12.6. The van der Waals surface area contributed by atoms with Gasteiger partial charge in [-0.25, -0.2) is 4.98 Å². The number of nitrogens with one attached hydrogen (secondary N) is 1. The van der Waals surface area contributed by atoms with Crippen molar-refractivity contribution in [3.8, 4) is 0 Å². The number of nitro benzene ring substituents is 1. The second kappa shape index (κ2) is 7.14. The summed E-state index contributed by atoms with van der Waals surface area (Å²) in [5, 5.41) is 15.1. The van der Waals surface area contributed by atoms with Crippen LogP contribution in [0.2, 0.25) is 0 Å². The van der Waals surface area contributed by atoms with Gasteiger partial charge in [0.2, 0.25) is 0 Å². The number of anilines is 1. The van der Waals surface area contributed by atoms with Crippen molar-refractivity contribution in [1.29, 1.82) is 0 Å². The summed E-state index contributed by atoms with van der Waals surface area (Å²) in [6.45, 7) is 7.10. The molecule has 21 heavy (non-hydrogen) atoms. The van der Waals surface area contributed by atoms with Gasteiger partial charge in [-0.2, -0.15) is 0 Å². The average molecular weight is 307 g/mol. The van der Waals surface area contributed by atoms with E-state index in [9.17, 15) is 10.1 Å². The lowest BCUT2D eigenvalue weighted by Gasteiger charge is -2.07. The van der Waals surface area contributed by atoms with Crippen LogP contribution >= 0.6 is 11.3 Å². The first-order chi connectivity index (χ1) is 10.1. The van der Waals surface area contributed by atoms with Crippen LogP contribution in [0.4, 0.5) is 11.4 Å². The van der Waals surface area contributed by atoms with Gasteiger partial charge in [0.1, 0.15) is 5.69 Å². The van der Waals surface area contributed by atoms with E-state index < -0.39 is 0 Å². The largest absolute Gasteiger partial charge is 0.379 e. The summed E-state index contributed by atoms with van der Waals surface area (Å²) in [7, 11) is 0. The third kappa shape index (κ3) is 3.99. The molecule has 0 amide bonds. The van der Waals surface area contributed by atoms with Gasteiger partial charge in [-0.1, -0.05) is 6.08 Å². The summed E-state index contributed by atoms with van der Waals surface area (Å²) in [4.78, 5) is 15.1. The highest BCUT2D eigenvalue weighted by Gasteiger charge is 2.16. The van der Waals surface area contributed by atoms with Crippen LogP contribution < -0.4 is 5.32 Å². The number of aromatic nitrogens is 1. The number of benzene rings is 1. The van der Waals surface area contributed by atoms with Gasteiger partial charge >= 0.3 is 0 Å². The molecular weight excluding hydrogens is 290 g/mol. The summed E-state index contributed by atoms with van der Waals surface area (Å²) in [5.74, 6) is 0. The van der Waals surface area contributed by atoms with Crippen LogP contribution in [-0.4, -0.2) is 29.7 Å². The molecular formula is C14H17N3O3S. The van der Waals surface area contributed by atoms with Crippen molar-refractivity contribution in [1.82, 2.24) is 4.98 Å².